The molecule has 5 nitrogen and oxygen atoms in total. The van der Waals surface area contributed by atoms with Crippen molar-refractivity contribution < 1.29 is 19.4 Å². The van der Waals surface area contributed by atoms with E-state index in [4.69, 9.17) is 21.4 Å². The van der Waals surface area contributed by atoms with Gasteiger partial charge >= 0.3 is 12.1 Å². The van der Waals surface area contributed by atoms with Crippen LogP contribution < -0.4 is 0 Å². The first kappa shape index (κ1) is 23.5. The predicted octanol–water partition coefficient (Wildman–Crippen LogP) is 6.01. The summed E-state index contributed by atoms with van der Waals surface area (Å²) < 4.78 is 5.67. The van der Waals surface area contributed by atoms with Crippen LogP contribution in [0, 0.1) is 0 Å². The van der Waals surface area contributed by atoms with Crippen molar-refractivity contribution in [2.75, 3.05) is 6.54 Å². The van der Waals surface area contributed by atoms with Crippen molar-refractivity contribution in [2.45, 2.75) is 62.6 Å². The molecule has 0 saturated heterocycles. The molecule has 3 rings (SSSR count). The van der Waals surface area contributed by atoms with Crippen LogP contribution in [-0.4, -0.2) is 39.9 Å². The van der Waals surface area contributed by atoms with Crippen molar-refractivity contribution in [2.24, 2.45) is 0 Å². The van der Waals surface area contributed by atoms with Crippen LogP contribution >= 0.6 is 23.4 Å². The van der Waals surface area contributed by atoms with Crippen LogP contribution in [0.3, 0.4) is 0 Å². The first-order valence-electron chi connectivity index (χ1n) is 10.5. The van der Waals surface area contributed by atoms with E-state index in [2.05, 4.69) is 6.08 Å². The van der Waals surface area contributed by atoms with E-state index in [0.717, 1.165) is 35.3 Å². The number of likely N-dealkylation sites (N-methyl/N-ethyl adjacent to an activating group) is 1. The highest BCUT2D eigenvalue weighted by molar-refractivity contribution is 8.00. The summed E-state index contributed by atoms with van der Waals surface area (Å²) in [6, 6.07) is 3.96. The highest BCUT2D eigenvalue weighted by Gasteiger charge is 2.29. The van der Waals surface area contributed by atoms with Gasteiger partial charge in [-0.15, -0.1) is 11.8 Å². The third-order valence-electron chi connectivity index (χ3n) is 5.60. The van der Waals surface area contributed by atoms with E-state index >= 15 is 0 Å². The number of nitrogens with zero attached hydrogens (tertiary/aromatic N) is 1. The van der Waals surface area contributed by atoms with E-state index in [1.165, 1.54) is 17.3 Å². The SMILES string of the molecule is CCN(C(=O)OC1=CCC=C(C)C=C1)C1CCc2cc(SC(C)C(=O)O)c(Cl)cc2C1. The van der Waals surface area contributed by atoms with Crippen molar-refractivity contribution in [3.63, 3.8) is 0 Å². The van der Waals surface area contributed by atoms with Gasteiger partial charge in [0.1, 0.15) is 11.0 Å². The van der Waals surface area contributed by atoms with E-state index in [-0.39, 0.29) is 12.1 Å². The monoisotopic (exact) mass is 461 g/mol. The van der Waals surface area contributed by atoms with Crippen LogP contribution in [0.4, 0.5) is 4.79 Å². The normalized spacial score (nSPS) is 18.9. The number of rotatable bonds is 6. The maximum Gasteiger partial charge on any atom is 0.415 e. The lowest BCUT2D eigenvalue weighted by Gasteiger charge is -2.34. The number of carbonyl (C=O) groups is 2. The average molecular weight is 462 g/mol. The lowest BCUT2D eigenvalue weighted by Crippen LogP contribution is -2.43. The first-order chi connectivity index (χ1) is 14.8. The van der Waals surface area contributed by atoms with Crippen LogP contribution in [-0.2, 0) is 22.4 Å². The van der Waals surface area contributed by atoms with Gasteiger partial charge in [-0.25, -0.2) is 4.79 Å². The molecule has 1 aromatic carbocycles. The highest BCUT2D eigenvalue weighted by atomic mass is 35.5. The van der Waals surface area contributed by atoms with E-state index in [0.29, 0.717) is 23.7 Å². The van der Waals surface area contributed by atoms with Crippen molar-refractivity contribution in [1.82, 2.24) is 4.90 Å². The molecule has 166 valence electrons. The Morgan fingerprint density at radius 2 is 2.06 bits per heavy atom. The first-order valence-corrected chi connectivity index (χ1v) is 11.8. The standard InChI is InChI=1S/C24H28ClNO4S/c1-4-26(24(29)30-20-7-5-6-15(2)8-11-20)19-10-9-17-14-22(31-16(3)23(27)28)21(25)13-18(17)12-19/h6-8,11,13-14,16,19H,4-5,9-10,12H2,1-3H3,(H,27,28). The second-order valence-electron chi connectivity index (χ2n) is 7.82. The molecular weight excluding hydrogens is 434 g/mol. The lowest BCUT2D eigenvalue weighted by atomic mass is 9.87. The van der Waals surface area contributed by atoms with Crippen LogP contribution in [0.5, 0.6) is 0 Å². The summed E-state index contributed by atoms with van der Waals surface area (Å²) >= 11 is 7.71. The molecule has 0 heterocycles. The number of carbonyl (C=O) groups excluding carboxylic acids is 1. The largest absolute Gasteiger partial charge is 0.480 e. The smallest absolute Gasteiger partial charge is 0.415 e. The number of aliphatic carboxylic acids is 1. The minimum Gasteiger partial charge on any atom is -0.480 e. The van der Waals surface area contributed by atoms with Crippen molar-refractivity contribution in [1.29, 1.82) is 0 Å². The van der Waals surface area contributed by atoms with Crippen molar-refractivity contribution >= 4 is 35.4 Å². The zero-order valence-electron chi connectivity index (χ0n) is 18.1. The Hall–Kier alpha value is -2.18. The Bertz CT molecular complexity index is 953. The minimum absolute atomic E-state index is 0.0349. The molecular formula is C24H28ClNO4S. The van der Waals surface area contributed by atoms with Crippen molar-refractivity contribution in [3.8, 4) is 0 Å². The molecule has 2 aliphatic carbocycles. The second-order valence-corrected chi connectivity index (χ2v) is 9.61. The molecule has 7 heteroatoms. The summed E-state index contributed by atoms with van der Waals surface area (Å²) in [5.41, 5.74) is 3.42. The summed E-state index contributed by atoms with van der Waals surface area (Å²) in [6.45, 7) is 6.19. The number of benzene rings is 1. The fraction of sp³-hybridized carbons (Fsp3) is 0.417. The van der Waals surface area contributed by atoms with E-state index in [9.17, 15) is 9.59 Å². The Kier molecular flexibility index (Phi) is 7.89. The summed E-state index contributed by atoms with van der Waals surface area (Å²) in [7, 11) is 0. The average Bonchev–Trinajstić information content (AvgIpc) is 2.93. The van der Waals surface area contributed by atoms with Gasteiger partial charge in [-0.1, -0.05) is 29.3 Å². The number of ether oxygens (including phenoxy) is 1. The molecule has 2 aliphatic rings. The molecule has 0 radical (unpaired) electrons. The molecule has 31 heavy (non-hydrogen) atoms. The van der Waals surface area contributed by atoms with Gasteiger partial charge in [0.15, 0.2) is 0 Å². The number of carboxylic acid groups (broad SMARTS) is 1. The number of carboxylic acids is 1. The number of aryl methyl sites for hydroxylation is 1. The van der Waals surface area contributed by atoms with Gasteiger partial charge in [-0.2, -0.15) is 0 Å². The van der Waals surface area contributed by atoms with Gasteiger partial charge in [-0.05, 0) is 81.9 Å². The van der Waals surface area contributed by atoms with Gasteiger partial charge in [0.2, 0.25) is 0 Å². The third-order valence-corrected chi connectivity index (χ3v) is 7.17. The number of thioether (sulfide) groups is 1. The van der Waals surface area contributed by atoms with Crippen LogP contribution in [0.25, 0.3) is 0 Å². The number of halogens is 1. The molecule has 0 aliphatic heterocycles. The predicted molar refractivity (Wildman–Crippen MR) is 125 cm³/mol. The van der Waals surface area contributed by atoms with Gasteiger partial charge in [0.25, 0.3) is 0 Å². The van der Waals surface area contributed by atoms with Crippen LogP contribution in [0.1, 0.15) is 44.7 Å². The van der Waals surface area contributed by atoms with Gasteiger partial charge in [0, 0.05) is 17.5 Å². The Balaban J connectivity index is 1.70. The van der Waals surface area contributed by atoms with Crippen molar-refractivity contribution in [3.05, 3.63) is 63.9 Å². The fourth-order valence-electron chi connectivity index (χ4n) is 3.82. The molecule has 2 atom stereocenters. The summed E-state index contributed by atoms with van der Waals surface area (Å²) in [4.78, 5) is 26.6. The Morgan fingerprint density at radius 1 is 1.29 bits per heavy atom. The van der Waals surface area contributed by atoms with Gasteiger partial charge in [0.05, 0.1) is 5.02 Å². The molecule has 1 amide bonds. The zero-order valence-corrected chi connectivity index (χ0v) is 19.6. The molecule has 0 aromatic heterocycles. The Morgan fingerprint density at radius 3 is 2.77 bits per heavy atom. The zero-order chi connectivity index (χ0) is 22.5. The third kappa shape index (κ3) is 5.95. The number of hydrogen-bond donors (Lipinski definition) is 1. The van der Waals surface area contributed by atoms with Gasteiger partial charge < -0.3 is 14.7 Å². The quantitative estimate of drug-likeness (QED) is 0.525. The Labute approximate surface area is 192 Å². The topological polar surface area (TPSA) is 66.8 Å². The number of fused-ring (bicyclic) bond motifs is 1. The molecule has 1 N–H and O–H groups in total. The molecule has 2 unspecified atom stereocenters. The van der Waals surface area contributed by atoms with Crippen LogP contribution in [0.2, 0.25) is 5.02 Å². The maximum absolute atomic E-state index is 12.9. The highest BCUT2D eigenvalue weighted by Crippen LogP contribution is 2.36. The molecule has 0 saturated carbocycles. The minimum atomic E-state index is -0.861. The summed E-state index contributed by atoms with van der Waals surface area (Å²) in [6.07, 6.45) is 10.5. The van der Waals surface area contributed by atoms with Crippen LogP contribution in [0.15, 0.2) is 52.7 Å². The molecule has 0 spiro atoms. The lowest BCUT2D eigenvalue weighted by molar-refractivity contribution is -0.136. The number of amides is 1. The van der Waals surface area contributed by atoms with E-state index in [1.54, 1.807) is 11.8 Å². The molecule has 0 bridgehead atoms. The number of hydrogen-bond acceptors (Lipinski definition) is 4. The maximum atomic E-state index is 12.9. The van der Waals surface area contributed by atoms with Gasteiger partial charge in [-0.3, -0.25) is 4.79 Å². The van der Waals surface area contributed by atoms with E-state index in [1.807, 2.05) is 44.2 Å². The fourth-order valence-corrected chi connectivity index (χ4v) is 5.00. The molecule has 1 aromatic rings. The summed E-state index contributed by atoms with van der Waals surface area (Å²) in [5.74, 6) is -0.287. The number of allylic oxidation sites excluding steroid dienone is 5. The van der Waals surface area contributed by atoms with E-state index < -0.39 is 11.2 Å². The molecule has 0 fully saturated rings. The summed E-state index contributed by atoms with van der Waals surface area (Å²) in [5, 5.41) is 9.16. The second kappa shape index (κ2) is 10.4.